The van der Waals surface area contributed by atoms with Crippen molar-refractivity contribution in [1.82, 2.24) is 9.88 Å². The molecule has 1 N–H and O–H groups in total. The van der Waals surface area contributed by atoms with Gasteiger partial charge in [-0.2, -0.15) is 0 Å². The molecule has 0 bridgehead atoms. The Labute approximate surface area is 181 Å². The molecule has 0 saturated heterocycles. The quantitative estimate of drug-likeness (QED) is 0.451. The molecule has 1 heterocycles. The van der Waals surface area contributed by atoms with Gasteiger partial charge in [-0.15, -0.1) is 0 Å². The molecule has 0 aliphatic rings. The van der Waals surface area contributed by atoms with Crippen LogP contribution in [-0.2, 0) is 24.2 Å². The average molecular weight is 416 g/mol. The number of ether oxygens (including phenoxy) is 1. The zero-order valence-corrected chi connectivity index (χ0v) is 17.5. The fourth-order valence-corrected chi connectivity index (χ4v) is 3.75. The first-order chi connectivity index (χ1) is 15.1. The molecular formula is C26H25FN2O2. The summed E-state index contributed by atoms with van der Waals surface area (Å²) in [5.74, 6) is 0.580. The SMILES string of the molecule is COc1ccc(CCNC(=O)Cc2cn(Cc3ccc(F)cc3)c3ccccc23)cc1. The fraction of sp³-hybridized carbons (Fsp3) is 0.192. The van der Waals surface area contributed by atoms with Gasteiger partial charge in [-0.3, -0.25) is 4.79 Å². The predicted molar refractivity (Wildman–Crippen MR) is 121 cm³/mol. The van der Waals surface area contributed by atoms with E-state index in [4.69, 9.17) is 4.74 Å². The normalized spacial score (nSPS) is 10.9. The van der Waals surface area contributed by atoms with E-state index in [0.29, 0.717) is 19.5 Å². The van der Waals surface area contributed by atoms with Gasteiger partial charge in [0.1, 0.15) is 11.6 Å². The van der Waals surface area contributed by atoms with E-state index in [1.54, 1.807) is 19.2 Å². The van der Waals surface area contributed by atoms with Gasteiger partial charge in [0, 0.05) is 30.2 Å². The molecule has 158 valence electrons. The molecule has 1 aromatic heterocycles. The zero-order valence-electron chi connectivity index (χ0n) is 17.5. The van der Waals surface area contributed by atoms with Crippen LogP contribution in [0.4, 0.5) is 4.39 Å². The topological polar surface area (TPSA) is 43.3 Å². The van der Waals surface area contributed by atoms with Crippen LogP contribution in [-0.4, -0.2) is 24.1 Å². The van der Waals surface area contributed by atoms with Crippen LogP contribution in [0, 0.1) is 5.82 Å². The van der Waals surface area contributed by atoms with Gasteiger partial charge in [-0.05, 0) is 53.4 Å². The highest BCUT2D eigenvalue weighted by atomic mass is 19.1. The number of nitrogens with zero attached hydrogens (tertiary/aromatic N) is 1. The van der Waals surface area contributed by atoms with Crippen molar-refractivity contribution in [3.63, 3.8) is 0 Å². The summed E-state index contributed by atoms with van der Waals surface area (Å²) in [6.07, 6.45) is 3.11. The lowest BCUT2D eigenvalue weighted by molar-refractivity contribution is -0.120. The Bertz CT molecular complexity index is 1160. The number of carbonyl (C=O) groups excluding carboxylic acids is 1. The third-order valence-electron chi connectivity index (χ3n) is 5.38. The molecule has 0 radical (unpaired) electrons. The second kappa shape index (κ2) is 9.47. The van der Waals surface area contributed by atoms with Crippen molar-refractivity contribution in [2.45, 2.75) is 19.4 Å². The van der Waals surface area contributed by atoms with Crippen molar-refractivity contribution in [2.75, 3.05) is 13.7 Å². The molecule has 0 fully saturated rings. The maximum absolute atomic E-state index is 13.2. The number of methoxy groups -OCH3 is 1. The van der Waals surface area contributed by atoms with Gasteiger partial charge in [0.25, 0.3) is 0 Å². The summed E-state index contributed by atoms with van der Waals surface area (Å²) in [6, 6.07) is 22.4. The van der Waals surface area contributed by atoms with Crippen LogP contribution in [0.5, 0.6) is 5.75 Å². The average Bonchev–Trinajstić information content (AvgIpc) is 3.13. The number of benzene rings is 3. The Hall–Kier alpha value is -3.60. The minimum Gasteiger partial charge on any atom is -0.497 e. The monoisotopic (exact) mass is 416 g/mol. The molecule has 4 rings (SSSR count). The van der Waals surface area contributed by atoms with Gasteiger partial charge < -0.3 is 14.6 Å². The molecule has 0 spiro atoms. The summed E-state index contributed by atoms with van der Waals surface area (Å²) in [7, 11) is 1.64. The number of aromatic nitrogens is 1. The largest absolute Gasteiger partial charge is 0.497 e. The molecule has 3 aromatic carbocycles. The van der Waals surface area contributed by atoms with Crippen LogP contribution in [0.25, 0.3) is 10.9 Å². The lowest BCUT2D eigenvalue weighted by Gasteiger charge is -2.06. The van der Waals surface area contributed by atoms with Gasteiger partial charge in [-0.1, -0.05) is 42.5 Å². The molecule has 0 aliphatic carbocycles. The first-order valence-electron chi connectivity index (χ1n) is 10.3. The number of rotatable bonds is 8. The standard InChI is InChI=1S/C26H25FN2O2/c1-31-23-12-8-19(9-13-23)14-15-28-26(30)16-21-18-29(25-5-3-2-4-24(21)25)17-20-6-10-22(27)11-7-20/h2-13,18H,14-17H2,1H3,(H,28,30). The Morgan fingerprint density at radius 1 is 0.968 bits per heavy atom. The molecule has 1 amide bonds. The van der Waals surface area contributed by atoms with Gasteiger partial charge in [0.05, 0.1) is 13.5 Å². The summed E-state index contributed by atoms with van der Waals surface area (Å²) >= 11 is 0. The molecule has 0 atom stereocenters. The van der Waals surface area contributed by atoms with Crippen molar-refractivity contribution in [2.24, 2.45) is 0 Å². The van der Waals surface area contributed by atoms with Crippen LogP contribution >= 0.6 is 0 Å². The molecule has 0 aliphatic heterocycles. The van der Waals surface area contributed by atoms with E-state index < -0.39 is 0 Å². The maximum atomic E-state index is 13.2. The molecule has 4 nitrogen and oxygen atoms in total. The number of hydrogen-bond acceptors (Lipinski definition) is 2. The minimum absolute atomic E-state index is 0.00167. The Morgan fingerprint density at radius 3 is 2.42 bits per heavy atom. The zero-order chi connectivity index (χ0) is 21.6. The highest BCUT2D eigenvalue weighted by molar-refractivity contribution is 5.89. The molecule has 0 saturated carbocycles. The number of halogens is 1. The highest BCUT2D eigenvalue weighted by Crippen LogP contribution is 2.23. The van der Waals surface area contributed by atoms with Gasteiger partial charge >= 0.3 is 0 Å². The smallest absolute Gasteiger partial charge is 0.224 e. The summed E-state index contributed by atoms with van der Waals surface area (Å²) in [6.45, 7) is 1.21. The Kier molecular flexibility index (Phi) is 6.32. The van der Waals surface area contributed by atoms with E-state index in [1.807, 2.05) is 54.7 Å². The summed E-state index contributed by atoms with van der Waals surface area (Å²) in [4.78, 5) is 12.6. The van der Waals surface area contributed by atoms with Gasteiger partial charge in [0.2, 0.25) is 5.91 Å². The number of nitrogens with one attached hydrogen (secondary N) is 1. The van der Waals surface area contributed by atoms with E-state index >= 15 is 0 Å². The van der Waals surface area contributed by atoms with Crippen molar-refractivity contribution >= 4 is 16.8 Å². The van der Waals surface area contributed by atoms with Crippen molar-refractivity contribution in [3.8, 4) is 5.75 Å². The van der Waals surface area contributed by atoms with E-state index in [1.165, 1.54) is 12.1 Å². The number of fused-ring (bicyclic) bond motifs is 1. The second-order valence-corrected chi connectivity index (χ2v) is 7.55. The molecule has 4 aromatic rings. The minimum atomic E-state index is -0.242. The third-order valence-corrected chi connectivity index (χ3v) is 5.38. The molecule has 0 unspecified atom stereocenters. The van der Waals surface area contributed by atoms with Crippen LogP contribution in [0.3, 0.4) is 0 Å². The first kappa shape index (κ1) is 20.7. The Balaban J connectivity index is 1.41. The number of hydrogen-bond donors (Lipinski definition) is 1. The van der Waals surface area contributed by atoms with Crippen LogP contribution < -0.4 is 10.1 Å². The van der Waals surface area contributed by atoms with E-state index in [9.17, 15) is 9.18 Å². The molecule has 31 heavy (non-hydrogen) atoms. The summed E-state index contributed by atoms with van der Waals surface area (Å²) in [5.41, 5.74) is 4.21. The lowest BCUT2D eigenvalue weighted by Crippen LogP contribution is -2.27. The van der Waals surface area contributed by atoms with Gasteiger partial charge in [-0.25, -0.2) is 4.39 Å². The van der Waals surface area contributed by atoms with Crippen molar-refractivity contribution < 1.29 is 13.9 Å². The van der Waals surface area contributed by atoms with Crippen molar-refractivity contribution in [3.05, 3.63) is 102 Å². The summed E-state index contributed by atoms with van der Waals surface area (Å²) in [5, 5.41) is 4.08. The molecular weight excluding hydrogens is 391 g/mol. The number of amides is 1. The fourth-order valence-electron chi connectivity index (χ4n) is 3.75. The van der Waals surface area contributed by atoms with Crippen molar-refractivity contribution in [1.29, 1.82) is 0 Å². The van der Waals surface area contributed by atoms with Crippen LogP contribution in [0.1, 0.15) is 16.7 Å². The Morgan fingerprint density at radius 2 is 1.68 bits per heavy atom. The van der Waals surface area contributed by atoms with E-state index in [2.05, 4.69) is 9.88 Å². The van der Waals surface area contributed by atoms with E-state index in [0.717, 1.165) is 39.8 Å². The number of carbonyl (C=O) groups is 1. The highest BCUT2D eigenvalue weighted by Gasteiger charge is 2.12. The summed E-state index contributed by atoms with van der Waals surface area (Å²) < 4.78 is 20.5. The first-order valence-corrected chi connectivity index (χ1v) is 10.3. The predicted octanol–water partition coefficient (Wildman–Crippen LogP) is 4.74. The van der Waals surface area contributed by atoms with E-state index in [-0.39, 0.29) is 11.7 Å². The molecule has 5 heteroatoms. The maximum Gasteiger partial charge on any atom is 0.224 e. The number of para-hydroxylation sites is 1. The second-order valence-electron chi connectivity index (χ2n) is 7.55. The van der Waals surface area contributed by atoms with Crippen LogP contribution in [0.2, 0.25) is 0 Å². The van der Waals surface area contributed by atoms with Gasteiger partial charge in [0.15, 0.2) is 0 Å². The van der Waals surface area contributed by atoms with Crippen LogP contribution in [0.15, 0.2) is 79.0 Å². The third kappa shape index (κ3) is 5.12. The lowest BCUT2D eigenvalue weighted by atomic mass is 10.1.